The number of nitrogens with zero attached hydrogens (tertiary/aromatic N) is 4. The highest BCUT2D eigenvalue weighted by Gasteiger charge is 2.25. The van der Waals surface area contributed by atoms with E-state index in [1.54, 1.807) is 23.9 Å². The fourth-order valence-corrected chi connectivity index (χ4v) is 5.29. The molecular weight excluding hydrogens is 541 g/mol. The molecule has 1 aliphatic rings. The Hall–Kier alpha value is -3.97. The number of aliphatic hydroxyl groups is 2. The van der Waals surface area contributed by atoms with E-state index in [-0.39, 0.29) is 16.5 Å². The molecule has 4 aromatic rings. The number of hydrogen-bond acceptors (Lipinski definition) is 9. The number of nitrogens with two attached hydrogens (primary N) is 1. The van der Waals surface area contributed by atoms with Gasteiger partial charge >= 0.3 is 0 Å². The van der Waals surface area contributed by atoms with Crippen molar-refractivity contribution >= 4 is 45.2 Å². The number of fused-ring (bicyclic) bond motifs is 2. The van der Waals surface area contributed by atoms with E-state index in [4.69, 9.17) is 10.5 Å². The van der Waals surface area contributed by atoms with Gasteiger partial charge in [0, 0.05) is 61.3 Å². The molecule has 0 amide bonds. The van der Waals surface area contributed by atoms with Gasteiger partial charge in [0.15, 0.2) is 11.7 Å². The quantitative estimate of drug-likeness (QED) is 0.199. The second-order valence-corrected chi connectivity index (χ2v) is 11.4. The number of aliphatic hydroxyl groups excluding tert-OH is 1. The Kier molecular flexibility index (Phi) is 7.99. The number of rotatable bonds is 8. The predicted molar refractivity (Wildman–Crippen MR) is 163 cm³/mol. The first-order chi connectivity index (χ1) is 19.9. The van der Waals surface area contributed by atoms with E-state index >= 15 is 0 Å². The molecule has 224 valence electrons. The van der Waals surface area contributed by atoms with Crippen LogP contribution in [0.3, 0.4) is 0 Å². The van der Waals surface area contributed by atoms with Crippen LogP contribution >= 0.6 is 0 Å². The molecule has 1 fully saturated rings. The SMILES string of the molecule is CNc1cc(F)cc2c(/C(=C/c3cnc4c(c3)c(=O)c(C(O)O)cn4CC(C)(C)N(C)C)N3CCOCC3)c(N)[nH]c12. The second kappa shape index (κ2) is 11.4. The zero-order valence-electron chi connectivity index (χ0n) is 24.5. The van der Waals surface area contributed by atoms with Crippen molar-refractivity contribution < 1.29 is 19.3 Å². The Morgan fingerprint density at radius 3 is 2.62 bits per heavy atom. The summed E-state index contributed by atoms with van der Waals surface area (Å²) in [7, 11) is 5.63. The van der Waals surface area contributed by atoms with Crippen LogP contribution in [0.5, 0.6) is 0 Å². The van der Waals surface area contributed by atoms with Crippen molar-refractivity contribution in [1.82, 2.24) is 24.3 Å². The summed E-state index contributed by atoms with van der Waals surface area (Å²) in [6.45, 7) is 6.73. The highest BCUT2D eigenvalue weighted by Crippen LogP contribution is 2.38. The summed E-state index contributed by atoms with van der Waals surface area (Å²) < 4.78 is 22.1. The number of ether oxygens (including phenoxy) is 1. The van der Waals surface area contributed by atoms with Gasteiger partial charge in [0.25, 0.3) is 0 Å². The zero-order valence-corrected chi connectivity index (χ0v) is 24.5. The first kappa shape index (κ1) is 29.5. The van der Waals surface area contributed by atoms with Crippen LogP contribution in [0.4, 0.5) is 15.9 Å². The lowest BCUT2D eigenvalue weighted by Gasteiger charge is -2.34. The van der Waals surface area contributed by atoms with Crippen LogP contribution in [0, 0.1) is 5.82 Å². The standard InChI is InChI=1S/C30H38FN7O4/c1-30(2,36(4)5)16-38-15-21(29(40)41)26(39)20-10-17(14-34-28(20)38)11-23(37-6-8-42-9-7-37)24-19-12-18(31)13-22(33-3)25(19)35-27(24)32/h10-15,29,33,35,40-41H,6-9,16,32H2,1-5H3/b23-11-. The molecule has 1 saturated heterocycles. The zero-order chi connectivity index (χ0) is 30.3. The number of likely N-dealkylation sites (N-methyl/N-ethyl adjacent to an activating group) is 1. The van der Waals surface area contributed by atoms with Crippen molar-refractivity contribution in [3.05, 3.63) is 63.3 Å². The van der Waals surface area contributed by atoms with Gasteiger partial charge in [-0.05, 0) is 57.8 Å². The van der Waals surface area contributed by atoms with Crippen LogP contribution in [0.2, 0.25) is 0 Å². The summed E-state index contributed by atoms with van der Waals surface area (Å²) in [4.78, 5) is 25.5. The molecule has 0 radical (unpaired) electrons. The van der Waals surface area contributed by atoms with Gasteiger partial charge in [0.2, 0.25) is 0 Å². The van der Waals surface area contributed by atoms with Gasteiger partial charge in [-0.3, -0.25) is 4.79 Å². The number of anilines is 2. The van der Waals surface area contributed by atoms with E-state index in [1.165, 1.54) is 18.3 Å². The smallest absolute Gasteiger partial charge is 0.199 e. The maximum Gasteiger partial charge on any atom is 0.199 e. The van der Waals surface area contributed by atoms with Crippen LogP contribution in [0.1, 0.15) is 36.8 Å². The number of morpholine rings is 1. The Morgan fingerprint density at radius 2 is 1.98 bits per heavy atom. The molecule has 6 N–H and O–H groups in total. The predicted octanol–water partition coefficient (Wildman–Crippen LogP) is 2.79. The Bertz CT molecular complexity index is 1720. The fourth-order valence-electron chi connectivity index (χ4n) is 5.29. The molecule has 3 aromatic heterocycles. The van der Waals surface area contributed by atoms with Gasteiger partial charge in [0.05, 0.1) is 35.4 Å². The van der Waals surface area contributed by atoms with Crippen LogP contribution in [-0.2, 0) is 11.3 Å². The first-order valence-electron chi connectivity index (χ1n) is 13.8. The summed E-state index contributed by atoms with van der Waals surface area (Å²) in [6.07, 6.45) is 3.06. The van der Waals surface area contributed by atoms with E-state index < -0.39 is 17.5 Å². The van der Waals surface area contributed by atoms with Crippen molar-refractivity contribution in [2.75, 3.05) is 58.5 Å². The first-order valence-corrected chi connectivity index (χ1v) is 13.8. The molecule has 42 heavy (non-hydrogen) atoms. The largest absolute Gasteiger partial charge is 0.386 e. The molecule has 0 bridgehead atoms. The van der Waals surface area contributed by atoms with Gasteiger partial charge in [-0.1, -0.05) is 0 Å². The van der Waals surface area contributed by atoms with Crippen molar-refractivity contribution in [2.45, 2.75) is 32.2 Å². The Labute approximate surface area is 243 Å². The highest BCUT2D eigenvalue weighted by molar-refractivity contribution is 6.05. The maximum absolute atomic E-state index is 14.7. The summed E-state index contributed by atoms with van der Waals surface area (Å²) in [6, 6.07) is 4.55. The van der Waals surface area contributed by atoms with Crippen molar-refractivity contribution in [1.29, 1.82) is 0 Å². The lowest BCUT2D eigenvalue weighted by Crippen LogP contribution is -2.42. The number of pyridine rings is 2. The van der Waals surface area contributed by atoms with Crippen LogP contribution < -0.4 is 16.5 Å². The molecular formula is C30H38FN7O4. The third-order valence-corrected chi connectivity index (χ3v) is 8.09. The van der Waals surface area contributed by atoms with E-state index in [1.807, 2.05) is 38.9 Å². The van der Waals surface area contributed by atoms with Crippen LogP contribution in [0.15, 0.2) is 35.4 Å². The van der Waals surface area contributed by atoms with Crippen molar-refractivity contribution in [3.63, 3.8) is 0 Å². The minimum absolute atomic E-state index is 0.135. The fraction of sp³-hybridized carbons (Fsp3) is 0.400. The summed E-state index contributed by atoms with van der Waals surface area (Å²) in [5.41, 5.74) is 9.20. The van der Waals surface area contributed by atoms with Gasteiger partial charge in [-0.15, -0.1) is 0 Å². The maximum atomic E-state index is 14.7. The van der Waals surface area contributed by atoms with E-state index in [0.717, 1.165) is 5.70 Å². The summed E-state index contributed by atoms with van der Waals surface area (Å²) >= 11 is 0. The third-order valence-electron chi connectivity index (χ3n) is 8.09. The molecule has 5 rings (SSSR count). The summed E-state index contributed by atoms with van der Waals surface area (Å²) in [5, 5.41) is 23.9. The van der Waals surface area contributed by atoms with Crippen molar-refractivity contribution in [3.8, 4) is 0 Å². The van der Waals surface area contributed by atoms with Crippen LogP contribution in [-0.4, -0.2) is 87.5 Å². The molecule has 1 aromatic carbocycles. The normalized spacial score (nSPS) is 15.0. The molecule has 11 nitrogen and oxygen atoms in total. The lowest BCUT2D eigenvalue weighted by molar-refractivity contribution is -0.0436. The molecule has 1 aliphatic heterocycles. The average molecular weight is 580 g/mol. The minimum Gasteiger partial charge on any atom is -0.386 e. The number of nitrogen functional groups attached to an aromatic ring is 1. The second-order valence-electron chi connectivity index (χ2n) is 11.4. The molecule has 12 heteroatoms. The third kappa shape index (κ3) is 5.45. The monoisotopic (exact) mass is 579 g/mol. The molecule has 0 unspecified atom stereocenters. The van der Waals surface area contributed by atoms with E-state index in [0.29, 0.717) is 72.0 Å². The lowest BCUT2D eigenvalue weighted by atomic mass is 10.0. The topological polar surface area (TPSA) is 145 Å². The van der Waals surface area contributed by atoms with E-state index in [2.05, 4.69) is 20.2 Å². The van der Waals surface area contributed by atoms with Gasteiger partial charge in [-0.2, -0.15) is 0 Å². The number of nitrogens with one attached hydrogen (secondary N) is 2. The Morgan fingerprint density at radius 1 is 1.26 bits per heavy atom. The van der Waals surface area contributed by atoms with E-state index in [9.17, 15) is 19.4 Å². The number of halogens is 1. The van der Waals surface area contributed by atoms with Crippen molar-refractivity contribution in [2.24, 2.45) is 0 Å². The Balaban J connectivity index is 1.73. The molecule has 0 spiro atoms. The number of benzene rings is 1. The van der Waals surface area contributed by atoms with Gasteiger partial charge in [-0.25, -0.2) is 9.37 Å². The summed E-state index contributed by atoms with van der Waals surface area (Å²) in [5.74, 6) is -0.0327. The number of aromatic nitrogens is 3. The molecule has 4 heterocycles. The van der Waals surface area contributed by atoms with Crippen LogP contribution in [0.25, 0.3) is 33.7 Å². The molecule has 0 saturated carbocycles. The highest BCUT2D eigenvalue weighted by atomic mass is 19.1. The number of aromatic amines is 1. The molecule has 0 aliphatic carbocycles. The van der Waals surface area contributed by atoms with Gasteiger partial charge < -0.3 is 45.4 Å². The molecule has 0 atom stereocenters. The average Bonchev–Trinajstić information content (AvgIpc) is 3.28. The van der Waals surface area contributed by atoms with Gasteiger partial charge in [0.1, 0.15) is 17.3 Å². The number of H-pyrrole nitrogens is 1. The number of hydrogen-bond donors (Lipinski definition) is 5. The minimum atomic E-state index is -1.94.